The monoisotopic (exact) mass is 315 g/mol. The lowest BCUT2D eigenvalue weighted by Crippen LogP contribution is -2.19. The quantitative estimate of drug-likeness (QED) is 0.732. The first-order valence-electron chi connectivity index (χ1n) is 8.05. The molecule has 1 unspecified atom stereocenters. The Morgan fingerprint density at radius 1 is 1.30 bits per heavy atom. The van der Waals surface area contributed by atoms with Crippen LogP contribution in [0.3, 0.4) is 0 Å². The molecular formula is C17H25N5O. The molecule has 0 aliphatic heterocycles. The summed E-state index contributed by atoms with van der Waals surface area (Å²) in [6.45, 7) is 6.76. The minimum atomic E-state index is 0.0570. The second-order valence-corrected chi connectivity index (χ2v) is 6.05. The summed E-state index contributed by atoms with van der Waals surface area (Å²) in [4.78, 5) is 16.4. The molecule has 0 saturated heterocycles. The smallest absolute Gasteiger partial charge is 0.224 e. The lowest BCUT2D eigenvalue weighted by atomic mass is 9.90. The molecule has 1 heterocycles. The molecule has 2 rings (SSSR count). The SMILES string of the molecule is CCC(CC(=O)Nc1ccc(-c2n[nH]c(CN)n2)cc1)C(C)C. The van der Waals surface area contributed by atoms with Crippen LogP contribution in [-0.4, -0.2) is 21.1 Å². The van der Waals surface area contributed by atoms with E-state index in [0.29, 0.717) is 36.5 Å². The largest absolute Gasteiger partial charge is 0.326 e. The van der Waals surface area contributed by atoms with Gasteiger partial charge in [0.25, 0.3) is 0 Å². The van der Waals surface area contributed by atoms with E-state index >= 15 is 0 Å². The highest BCUT2D eigenvalue weighted by atomic mass is 16.1. The molecule has 0 aliphatic rings. The van der Waals surface area contributed by atoms with E-state index in [-0.39, 0.29) is 5.91 Å². The number of nitrogens with one attached hydrogen (secondary N) is 2. The van der Waals surface area contributed by atoms with Crippen LogP contribution in [0.2, 0.25) is 0 Å². The van der Waals surface area contributed by atoms with Crippen LogP contribution in [-0.2, 0) is 11.3 Å². The van der Waals surface area contributed by atoms with Gasteiger partial charge in [-0.05, 0) is 36.1 Å². The van der Waals surface area contributed by atoms with E-state index in [9.17, 15) is 4.79 Å². The van der Waals surface area contributed by atoms with Gasteiger partial charge in [0.2, 0.25) is 5.91 Å². The van der Waals surface area contributed by atoms with Gasteiger partial charge < -0.3 is 11.1 Å². The molecule has 124 valence electrons. The van der Waals surface area contributed by atoms with Gasteiger partial charge in [-0.25, -0.2) is 4.98 Å². The van der Waals surface area contributed by atoms with Crippen LogP contribution in [0.4, 0.5) is 5.69 Å². The van der Waals surface area contributed by atoms with Crippen LogP contribution in [0, 0.1) is 11.8 Å². The number of nitrogens with two attached hydrogens (primary N) is 1. The molecule has 0 radical (unpaired) electrons. The maximum Gasteiger partial charge on any atom is 0.224 e. The molecule has 2 aromatic rings. The lowest BCUT2D eigenvalue weighted by Gasteiger charge is -2.18. The van der Waals surface area contributed by atoms with Crippen molar-refractivity contribution < 1.29 is 4.79 Å². The number of benzene rings is 1. The topological polar surface area (TPSA) is 96.7 Å². The maximum absolute atomic E-state index is 12.1. The van der Waals surface area contributed by atoms with Gasteiger partial charge in [-0.15, -0.1) is 0 Å². The summed E-state index contributed by atoms with van der Waals surface area (Å²) in [5.41, 5.74) is 7.18. The zero-order valence-corrected chi connectivity index (χ0v) is 14.0. The van der Waals surface area contributed by atoms with Gasteiger partial charge in [-0.2, -0.15) is 5.10 Å². The molecule has 0 aliphatic carbocycles. The molecule has 23 heavy (non-hydrogen) atoms. The van der Waals surface area contributed by atoms with Crippen LogP contribution < -0.4 is 11.1 Å². The summed E-state index contributed by atoms with van der Waals surface area (Å²) in [7, 11) is 0. The first-order chi connectivity index (χ1) is 11.0. The standard InChI is InChI=1S/C17H25N5O/c1-4-12(11(2)3)9-16(23)19-14-7-5-13(6-8-14)17-20-15(10-18)21-22-17/h5-8,11-12H,4,9-10,18H2,1-3H3,(H,19,23)(H,20,21,22). The predicted molar refractivity (Wildman–Crippen MR) is 91.6 cm³/mol. The van der Waals surface area contributed by atoms with E-state index in [2.05, 4.69) is 41.3 Å². The minimum absolute atomic E-state index is 0.0570. The van der Waals surface area contributed by atoms with E-state index in [1.165, 1.54) is 0 Å². The molecule has 0 bridgehead atoms. The van der Waals surface area contributed by atoms with Crippen molar-refractivity contribution in [3.63, 3.8) is 0 Å². The summed E-state index contributed by atoms with van der Waals surface area (Å²) >= 11 is 0. The average molecular weight is 315 g/mol. The van der Waals surface area contributed by atoms with Crippen LogP contribution in [0.25, 0.3) is 11.4 Å². The molecule has 6 nitrogen and oxygen atoms in total. The van der Waals surface area contributed by atoms with Gasteiger partial charge in [-0.1, -0.05) is 27.2 Å². The van der Waals surface area contributed by atoms with E-state index in [0.717, 1.165) is 17.7 Å². The molecule has 1 aromatic heterocycles. The van der Waals surface area contributed by atoms with E-state index in [4.69, 9.17) is 5.73 Å². The van der Waals surface area contributed by atoms with Crippen molar-refractivity contribution in [3.05, 3.63) is 30.1 Å². The second kappa shape index (κ2) is 7.87. The van der Waals surface area contributed by atoms with E-state index < -0.39 is 0 Å². The summed E-state index contributed by atoms with van der Waals surface area (Å²) in [5, 5.41) is 9.85. The number of nitrogens with zero attached hydrogens (tertiary/aromatic N) is 2. The molecule has 0 fully saturated rings. The van der Waals surface area contributed by atoms with Crippen molar-refractivity contribution in [1.82, 2.24) is 15.2 Å². The van der Waals surface area contributed by atoms with Crippen molar-refractivity contribution in [2.24, 2.45) is 17.6 Å². The number of carbonyl (C=O) groups is 1. The molecule has 6 heteroatoms. The van der Waals surface area contributed by atoms with Crippen LogP contribution in [0.1, 0.15) is 39.4 Å². The summed E-state index contributed by atoms with van der Waals surface area (Å²) in [6, 6.07) is 7.50. The number of anilines is 1. The Labute approximate surface area is 136 Å². The fourth-order valence-electron chi connectivity index (χ4n) is 2.52. The summed E-state index contributed by atoms with van der Waals surface area (Å²) in [5.74, 6) is 2.24. The van der Waals surface area contributed by atoms with E-state index in [1.54, 1.807) is 0 Å². The Morgan fingerprint density at radius 2 is 2.00 bits per heavy atom. The third-order valence-electron chi connectivity index (χ3n) is 4.07. The Bertz CT molecular complexity index is 633. The molecule has 1 amide bonds. The molecular weight excluding hydrogens is 290 g/mol. The second-order valence-electron chi connectivity index (χ2n) is 6.05. The number of H-pyrrole nitrogens is 1. The summed E-state index contributed by atoms with van der Waals surface area (Å²) in [6.07, 6.45) is 1.56. The average Bonchev–Trinajstić information content (AvgIpc) is 3.02. The third-order valence-corrected chi connectivity index (χ3v) is 4.07. The van der Waals surface area contributed by atoms with Crippen molar-refractivity contribution in [2.45, 2.75) is 40.2 Å². The lowest BCUT2D eigenvalue weighted by molar-refractivity contribution is -0.117. The Hall–Kier alpha value is -2.21. The highest BCUT2D eigenvalue weighted by molar-refractivity contribution is 5.91. The number of rotatable bonds is 7. The number of aromatic nitrogens is 3. The number of hydrogen-bond donors (Lipinski definition) is 3. The highest BCUT2D eigenvalue weighted by Crippen LogP contribution is 2.21. The Balaban J connectivity index is 1.98. The number of hydrogen-bond acceptors (Lipinski definition) is 4. The van der Waals surface area contributed by atoms with Gasteiger partial charge in [-0.3, -0.25) is 9.89 Å². The minimum Gasteiger partial charge on any atom is -0.326 e. The predicted octanol–water partition coefficient (Wildman–Crippen LogP) is 2.94. The fraction of sp³-hybridized carbons (Fsp3) is 0.471. The molecule has 0 saturated carbocycles. The summed E-state index contributed by atoms with van der Waals surface area (Å²) < 4.78 is 0. The number of carbonyl (C=O) groups excluding carboxylic acids is 1. The van der Waals surface area contributed by atoms with Crippen molar-refractivity contribution >= 4 is 11.6 Å². The van der Waals surface area contributed by atoms with Crippen molar-refractivity contribution in [2.75, 3.05) is 5.32 Å². The normalized spacial score (nSPS) is 12.4. The number of aromatic amines is 1. The zero-order valence-electron chi connectivity index (χ0n) is 14.0. The maximum atomic E-state index is 12.1. The molecule has 0 spiro atoms. The van der Waals surface area contributed by atoms with Gasteiger partial charge in [0.05, 0.1) is 6.54 Å². The Morgan fingerprint density at radius 3 is 2.52 bits per heavy atom. The van der Waals surface area contributed by atoms with Crippen molar-refractivity contribution in [3.8, 4) is 11.4 Å². The van der Waals surface area contributed by atoms with Gasteiger partial charge in [0.1, 0.15) is 5.82 Å². The van der Waals surface area contributed by atoms with Gasteiger partial charge in [0.15, 0.2) is 5.82 Å². The van der Waals surface area contributed by atoms with Crippen molar-refractivity contribution in [1.29, 1.82) is 0 Å². The molecule has 1 aromatic carbocycles. The van der Waals surface area contributed by atoms with Crippen LogP contribution in [0.5, 0.6) is 0 Å². The molecule has 1 atom stereocenters. The van der Waals surface area contributed by atoms with Crippen LogP contribution >= 0.6 is 0 Å². The zero-order chi connectivity index (χ0) is 16.8. The van der Waals surface area contributed by atoms with Gasteiger partial charge >= 0.3 is 0 Å². The van der Waals surface area contributed by atoms with E-state index in [1.807, 2.05) is 24.3 Å². The first-order valence-corrected chi connectivity index (χ1v) is 8.05. The third kappa shape index (κ3) is 4.63. The van der Waals surface area contributed by atoms with Crippen LogP contribution in [0.15, 0.2) is 24.3 Å². The fourth-order valence-corrected chi connectivity index (χ4v) is 2.52. The highest BCUT2D eigenvalue weighted by Gasteiger charge is 2.15. The number of amides is 1. The molecule has 4 N–H and O–H groups in total. The van der Waals surface area contributed by atoms with Gasteiger partial charge in [0, 0.05) is 17.7 Å². The Kier molecular flexibility index (Phi) is 5.87. The first kappa shape index (κ1) is 17.1.